The van der Waals surface area contributed by atoms with Crippen molar-refractivity contribution in [3.05, 3.63) is 41.5 Å². The van der Waals surface area contributed by atoms with E-state index in [4.69, 9.17) is 10.5 Å². The predicted molar refractivity (Wildman–Crippen MR) is 70.7 cm³/mol. The fraction of sp³-hybridized carbons (Fsp3) is 0.429. The fourth-order valence-electron chi connectivity index (χ4n) is 2.13. The van der Waals surface area contributed by atoms with Gasteiger partial charge in [-0.15, -0.1) is 0 Å². The average Bonchev–Trinajstić information content (AvgIpc) is 2.35. The van der Waals surface area contributed by atoms with Crippen molar-refractivity contribution < 1.29 is 4.74 Å². The van der Waals surface area contributed by atoms with Gasteiger partial charge in [0.2, 0.25) is 0 Å². The van der Waals surface area contributed by atoms with E-state index < -0.39 is 0 Å². The van der Waals surface area contributed by atoms with E-state index in [-0.39, 0.29) is 0 Å². The van der Waals surface area contributed by atoms with Crippen molar-refractivity contribution in [3.8, 4) is 0 Å². The van der Waals surface area contributed by atoms with Crippen molar-refractivity contribution in [2.24, 2.45) is 0 Å². The van der Waals surface area contributed by atoms with Gasteiger partial charge in [-0.3, -0.25) is 4.90 Å². The van der Waals surface area contributed by atoms with Crippen LogP contribution in [-0.2, 0) is 11.3 Å². The topological polar surface area (TPSA) is 38.5 Å². The molecule has 1 aromatic carbocycles. The fourth-order valence-corrected chi connectivity index (χ4v) is 2.13. The molecule has 0 radical (unpaired) electrons. The Hall–Kier alpha value is -1.32. The second-order valence-corrected chi connectivity index (χ2v) is 4.48. The van der Waals surface area contributed by atoms with Crippen LogP contribution in [0, 0.1) is 0 Å². The van der Waals surface area contributed by atoms with Gasteiger partial charge in [0, 0.05) is 32.4 Å². The van der Waals surface area contributed by atoms with Crippen LogP contribution >= 0.6 is 0 Å². The lowest BCUT2D eigenvalue weighted by Gasteiger charge is -2.26. The van der Waals surface area contributed by atoms with Gasteiger partial charge in [0.05, 0.1) is 6.61 Å². The van der Waals surface area contributed by atoms with Crippen LogP contribution in [0.4, 0.5) is 5.69 Å². The molecule has 3 nitrogen and oxygen atoms in total. The normalized spacial score (nSPS) is 16.9. The van der Waals surface area contributed by atoms with Crippen LogP contribution in [0.3, 0.4) is 0 Å². The van der Waals surface area contributed by atoms with Crippen LogP contribution in [-0.4, -0.2) is 31.7 Å². The Morgan fingerprint density at radius 1 is 1.35 bits per heavy atom. The predicted octanol–water partition coefficient (Wildman–Crippen LogP) is 2.05. The summed E-state index contributed by atoms with van der Waals surface area (Å²) in [5.74, 6) is 0. The molecule has 0 aliphatic carbocycles. The number of para-hydroxylation sites is 1. The number of rotatable bonds is 4. The molecule has 0 atom stereocenters. The van der Waals surface area contributed by atoms with Crippen molar-refractivity contribution >= 4 is 5.69 Å². The third kappa shape index (κ3) is 3.32. The molecule has 0 saturated heterocycles. The Morgan fingerprint density at radius 3 is 2.82 bits per heavy atom. The van der Waals surface area contributed by atoms with Crippen molar-refractivity contribution in [1.29, 1.82) is 0 Å². The van der Waals surface area contributed by atoms with Crippen LogP contribution in [0.25, 0.3) is 0 Å². The molecule has 0 spiro atoms. The number of benzene rings is 1. The maximum absolute atomic E-state index is 5.95. The summed E-state index contributed by atoms with van der Waals surface area (Å²) in [5.41, 5.74) is 9.46. The first-order valence-electron chi connectivity index (χ1n) is 6.02. The van der Waals surface area contributed by atoms with E-state index in [0.717, 1.165) is 38.3 Å². The highest BCUT2D eigenvalue weighted by molar-refractivity contribution is 5.46. The smallest absolute Gasteiger partial charge is 0.0673 e. The zero-order valence-corrected chi connectivity index (χ0v) is 10.4. The summed E-state index contributed by atoms with van der Waals surface area (Å²) in [4.78, 5) is 2.41. The second kappa shape index (κ2) is 5.84. The number of hydrogen-bond acceptors (Lipinski definition) is 3. The molecule has 92 valence electrons. The number of ether oxygens (including phenoxy) is 1. The van der Waals surface area contributed by atoms with Gasteiger partial charge < -0.3 is 10.5 Å². The quantitative estimate of drug-likeness (QED) is 0.638. The van der Waals surface area contributed by atoms with Gasteiger partial charge in [-0.05, 0) is 23.6 Å². The van der Waals surface area contributed by atoms with Gasteiger partial charge in [0.15, 0.2) is 0 Å². The third-order valence-corrected chi connectivity index (χ3v) is 3.17. The number of anilines is 1. The van der Waals surface area contributed by atoms with Crippen LogP contribution < -0.4 is 5.73 Å². The van der Waals surface area contributed by atoms with E-state index in [1.54, 1.807) is 7.11 Å². The molecule has 1 aliphatic rings. The number of hydrogen-bond donors (Lipinski definition) is 1. The summed E-state index contributed by atoms with van der Waals surface area (Å²) in [6.45, 7) is 3.78. The molecule has 3 heteroatoms. The summed E-state index contributed by atoms with van der Waals surface area (Å²) in [5, 5.41) is 0. The minimum Gasteiger partial charge on any atom is -0.398 e. The monoisotopic (exact) mass is 232 g/mol. The van der Waals surface area contributed by atoms with Crippen LogP contribution in [0.5, 0.6) is 0 Å². The summed E-state index contributed by atoms with van der Waals surface area (Å²) < 4.78 is 5.15. The molecule has 0 aromatic heterocycles. The Balaban J connectivity index is 1.92. The number of nitrogens with two attached hydrogens (primary N) is 1. The molecule has 1 aliphatic heterocycles. The number of methoxy groups -OCH3 is 1. The number of nitrogens with zero attached hydrogens (tertiary/aromatic N) is 1. The van der Waals surface area contributed by atoms with Crippen molar-refractivity contribution in [3.63, 3.8) is 0 Å². The highest BCUT2D eigenvalue weighted by Gasteiger charge is 2.12. The Bertz CT molecular complexity index is 401. The average molecular weight is 232 g/mol. The highest BCUT2D eigenvalue weighted by atomic mass is 16.5. The Labute approximate surface area is 103 Å². The molecule has 0 bridgehead atoms. The van der Waals surface area contributed by atoms with E-state index in [1.165, 1.54) is 11.1 Å². The molecule has 0 amide bonds. The first-order valence-corrected chi connectivity index (χ1v) is 6.02. The Kier molecular flexibility index (Phi) is 4.18. The first kappa shape index (κ1) is 12.1. The van der Waals surface area contributed by atoms with E-state index in [2.05, 4.69) is 17.0 Å². The Morgan fingerprint density at radius 2 is 2.18 bits per heavy atom. The van der Waals surface area contributed by atoms with Gasteiger partial charge in [-0.2, -0.15) is 0 Å². The van der Waals surface area contributed by atoms with E-state index in [0.29, 0.717) is 0 Å². The molecule has 1 heterocycles. The summed E-state index contributed by atoms with van der Waals surface area (Å²) in [6, 6.07) is 8.09. The van der Waals surface area contributed by atoms with E-state index >= 15 is 0 Å². The van der Waals surface area contributed by atoms with E-state index in [9.17, 15) is 0 Å². The highest BCUT2D eigenvalue weighted by Crippen LogP contribution is 2.17. The molecule has 17 heavy (non-hydrogen) atoms. The van der Waals surface area contributed by atoms with Crippen molar-refractivity contribution in [1.82, 2.24) is 4.90 Å². The maximum atomic E-state index is 5.95. The summed E-state index contributed by atoms with van der Waals surface area (Å²) in [6.07, 6.45) is 3.37. The minimum absolute atomic E-state index is 0.765. The second-order valence-electron chi connectivity index (χ2n) is 4.48. The molecule has 0 fully saturated rings. The van der Waals surface area contributed by atoms with Gasteiger partial charge in [0.25, 0.3) is 0 Å². The zero-order chi connectivity index (χ0) is 12.1. The molecular formula is C14H20N2O. The van der Waals surface area contributed by atoms with Crippen LogP contribution in [0.15, 0.2) is 35.9 Å². The van der Waals surface area contributed by atoms with Gasteiger partial charge in [-0.25, -0.2) is 0 Å². The van der Waals surface area contributed by atoms with Crippen molar-refractivity contribution in [2.75, 3.05) is 32.5 Å². The molecular weight excluding hydrogens is 212 g/mol. The zero-order valence-electron chi connectivity index (χ0n) is 10.4. The van der Waals surface area contributed by atoms with Gasteiger partial charge >= 0.3 is 0 Å². The van der Waals surface area contributed by atoms with E-state index in [1.807, 2.05) is 18.2 Å². The van der Waals surface area contributed by atoms with Gasteiger partial charge in [-0.1, -0.05) is 24.3 Å². The van der Waals surface area contributed by atoms with Crippen molar-refractivity contribution in [2.45, 2.75) is 13.0 Å². The standard InChI is InChI=1S/C14H20N2O/c1-17-11-12-6-8-16(9-7-12)10-13-4-2-3-5-14(13)15/h2-6H,7-11,15H2,1H3. The molecule has 2 rings (SSSR count). The lowest BCUT2D eigenvalue weighted by molar-refractivity contribution is 0.210. The lowest BCUT2D eigenvalue weighted by atomic mass is 10.1. The summed E-state index contributed by atoms with van der Waals surface area (Å²) >= 11 is 0. The SMILES string of the molecule is COCC1=CCN(Cc2ccccc2N)CC1. The number of nitrogen functional groups attached to an aromatic ring is 1. The molecule has 2 N–H and O–H groups in total. The molecule has 0 saturated carbocycles. The minimum atomic E-state index is 0.765. The summed E-state index contributed by atoms with van der Waals surface area (Å²) in [7, 11) is 1.75. The lowest BCUT2D eigenvalue weighted by Crippen LogP contribution is -2.29. The van der Waals surface area contributed by atoms with Crippen LogP contribution in [0.1, 0.15) is 12.0 Å². The molecule has 0 unspecified atom stereocenters. The first-order chi connectivity index (χ1) is 8.29. The molecule has 1 aromatic rings. The largest absolute Gasteiger partial charge is 0.398 e. The maximum Gasteiger partial charge on any atom is 0.0673 e. The third-order valence-electron chi connectivity index (χ3n) is 3.17. The van der Waals surface area contributed by atoms with Crippen LogP contribution in [0.2, 0.25) is 0 Å². The van der Waals surface area contributed by atoms with Gasteiger partial charge in [0.1, 0.15) is 0 Å².